The van der Waals surface area contributed by atoms with Crippen LogP contribution in [0.25, 0.3) is 0 Å². The molecule has 0 aliphatic heterocycles. The summed E-state index contributed by atoms with van der Waals surface area (Å²) in [4.78, 5) is 87.7. The van der Waals surface area contributed by atoms with Crippen molar-refractivity contribution in [2.24, 2.45) is 0 Å². The van der Waals surface area contributed by atoms with Crippen LogP contribution in [0.2, 0.25) is 0 Å². The molecule has 0 unspecified atom stereocenters. The number of carbonyl (C=O) groups is 6. The number of aryl methyl sites for hydroxylation is 4. The van der Waals surface area contributed by atoms with Gasteiger partial charge in [0.05, 0.1) is 44.8 Å². The van der Waals surface area contributed by atoms with Crippen molar-refractivity contribution < 1.29 is 38.2 Å². The summed E-state index contributed by atoms with van der Waals surface area (Å²) in [5.74, 6) is -4.67. The maximum Gasteiger partial charge on any atom is 0.343 e. The molecule has 0 radical (unpaired) electrons. The van der Waals surface area contributed by atoms with Gasteiger partial charge < -0.3 is 20.1 Å². The molecule has 80 heavy (non-hydrogen) atoms. The molecule has 10 heteroatoms. The van der Waals surface area contributed by atoms with E-state index in [0.29, 0.717) is 11.1 Å². The van der Waals surface area contributed by atoms with Gasteiger partial charge in [0, 0.05) is 11.1 Å². The predicted molar refractivity (Wildman–Crippen MR) is 321 cm³/mol. The SMILES string of the molecule is CCCCCCCc1ccc(C(=O)Nc2ccc(OC(=O)c3ccc(CCCCCCC)cc3)c3c2C(=O)c2c(OC(=O)c4ccc(CCCCCCC)cc4)ccc(NC(=O)c4ccc(CCCCCCC)cc4)c2C3=O)cc1. The molecule has 1 aliphatic carbocycles. The molecular weight excluding hydrogens is 997 g/mol. The number of amides is 2. The molecule has 0 saturated heterocycles. The van der Waals surface area contributed by atoms with Crippen molar-refractivity contribution in [1.82, 2.24) is 0 Å². The maximum absolute atomic E-state index is 15.6. The van der Waals surface area contributed by atoms with E-state index in [-0.39, 0.29) is 56.3 Å². The average molecular weight is 1080 g/mol. The number of fused-ring (bicyclic) bond motifs is 2. The molecule has 0 saturated carbocycles. The predicted octanol–water partition coefficient (Wildman–Crippen LogP) is 17.5. The average Bonchev–Trinajstić information content (AvgIpc) is 3.67. The number of anilines is 2. The second kappa shape index (κ2) is 31.4. The summed E-state index contributed by atoms with van der Waals surface area (Å²) in [5.41, 5.74) is 4.27. The smallest absolute Gasteiger partial charge is 0.343 e. The summed E-state index contributed by atoms with van der Waals surface area (Å²) in [5, 5.41) is 5.76. The Morgan fingerprint density at radius 2 is 0.575 bits per heavy atom. The van der Waals surface area contributed by atoms with E-state index >= 15 is 9.59 Å². The van der Waals surface area contributed by atoms with Gasteiger partial charge in [0.25, 0.3) is 11.8 Å². The minimum atomic E-state index is -0.801. The monoisotopic (exact) mass is 1080 g/mol. The Bertz CT molecular complexity index is 2620. The maximum atomic E-state index is 15.6. The third-order valence-corrected chi connectivity index (χ3v) is 15.2. The third-order valence-electron chi connectivity index (χ3n) is 15.2. The van der Waals surface area contributed by atoms with Crippen LogP contribution in [0.5, 0.6) is 11.5 Å². The Balaban J connectivity index is 1.24. The van der Waals surface area contributed by atoms with E-state index in [1.807, 2.05) is 48.5 Å². The molecule has 0 atom stereocenters. The Morgan fingerprint density at radius 3 is 0.850 bits per heavy atom. The number of hydrogen-bond acceptors (Lipinski definition) is 8. The summed E-state index contributed by atoms with van der Waals surface area (Å²) in [7, 11) is 0. The summed E-state index contributed by atoms with van der Waals surface area (Å²) >= 11 is 0. The van der Waals surface area contributed by atoms with Gasteiger partial charge in [0.1, 0.15) is 11.5 Å². The number of benzene rings is 6. The van der Waals surface area contributed by atoms with Crippen LogP contribution in [-0.2, 0) is 25.7 Å². The molecule has 0 fully saturated rings. The van der Waals surface area contributed by atoms with Crippen LogP contribution in [0.4, 0.5) is 11.4 Å². The fraction of sp³-hybridized carbons (Fsp3) is 0.400. The van der Waals surface area contributed by atoms with Gasteiger partial charge in [-0.2, -0.15) is 0 Å². The standard InChI is InChI=1S/C70H82N2O8/c1-5-9-13-17-21-25-49-29-37-53(38-30-49)67(75)71-57-45-47-59(79-69(77)55-41-33-51(34-42-55)27-23-19-15-11-7-3)63-61(57)65(73)64-60(80-70(78)56-43-35-52(36-44-56)28-24-20-16-12-8-4)48-46-58(62(64)66(63)74)72-68(76)54-39-31-50(32-40-54)26-22-18-14-10-6-2/h29-48H,5-28H2,1-4H3,(H,71,75)(H,72,76). The normalized spacial score (nSPS) is 11.7. The van der Waals surface area contributed by atoms with Crippen LogP contribution in [0.15, 0.2) is 121 Å². The molecular formula is C70H82N2O8. The number of carbonyl (C=O) groups excluding carboxylic acids is 6. The van der Waals surface area contributed by atoms with Gasteiger partial charge >= 0.3 is 11.9 Å². The summed E-state index contributed by atoms with van der Waals surface area (Å²) in [6.07, 6.45) is 26.3. The molecule has 6 aromatic carbocycles. The lowest BCUT2D eigenvalue weighted by atomic mass is 9.81. The molecule has 0 spiro atoms. The number of nitrogens with one attached hydrogen (secondary N) is 2. The van der Waals surface area contributed by atoms with Crippen molar-refractivity contribution in [2.75, 3.05) is 10.6 Å². The Hall–Kier alpha value is -7.46. The highest BCUT2D eigenvalue weighted by Gasteiger charge is 2.40. The van der Waals surface area contributed by atoms with Crippen molar-refractivity contribution in [3.63, 3.8) is 0 Å². The van der Waals surface area contributed by atoms with Crippen LogP contribution >= 0.6 is 0 Å². The largest absolute Gasteiger partial charge is 0.422 e. The fourth-order valence-corrected chi connectivity index (χ4v) is 10.4. The first-order valence-electron chi connectivity index (χ1n) is 29.9. The molecule has 7 rings (SSSR count). The number of ether oxygens (including phenoxy) is 2. The first-order chi connectivity index (χ1) is 39.0. The van der Waals surface area contributed by atoms with Crippen molar-refractivity contribution in [3.05, 3.63) is 188 Å². The van der Waals surface area contributed by atoms with E-state index < -0.39 is 35.3 Å². The van der Waals surface area contributed by atoms with Gasteiger partial charge in [-0.05, 0) is 146 Å². The quantitative estimate of drug-likeness (QED) is 0.0241. The first-order valence-corrected chi connectivity index (χ1v) is 29.9. The molecule has 0 aromatic heterocycles. The number of unbranched alkanes of at least 4 members (excludes halogenated alkanes) is 16. The molecule has 6 aromatic rings. The van der Waals surface area contributed by atoms with Gasteiger partial charge in [-0.25, -0.2) is 9.59 Å². The highest BCUT2D eigenvalue weighted by atomic mass is 16.5. The van der Waals surface area contributed by atoms with Crippen molar-refractivity contribution >= 4 is 46.7 Å². The van der Waals surface area contributed by atoms with Gasteiger partial charge in [-0.15, -0.1) is 0 Å². The lowest BCUT2D eigenvalue weighted by Gasteiger charge is -2.26. The molecule has 1 aliphatic rings. The summed E-state index contributed by atoms with van der Waals surface area (Å²) in [6.45, 7) is 8.74. The van der Waals surface area contributed by atoms with Crippen LogP contribution in [0.1, 0.15) is 252 Å². The van der Waals surface area contributed by atoms with Crippen LogP contribution in [-0.4, -0.2) is 35.3 Å². The van der Waals surface area contributed by atoms with Gasteiger partial charge in [0.2, 0.25) is 11.6 Å². The van der Waals surface area contributed by atoms with Crippen LogP contribution in [0.3, 0.4) is 0 Å². The Labute approximate surface area is 474 Å². The van der Waals surface area contributed by atoms with E-state index in [9.17, 15) is 19.2 Å². The molecule has 2 amide bonds. The number of rotatable bonds is 32. The zero-order chi connectivity index (χ0) is 56.6. The van der Waals surface area contributed by atoms with Crippen LogP contribution < -0.4 is 20.1 Å². The molecule has 2 N–H and O–H groups in total. The minimum absolute atomic E-state index is 0.0282. The topological polar surface area (TPSA) is 145 Å². The van der Waals surface area contributed by atoms with Gasteiger partial charge in [-0.3, -0.25) is 19.2 Å². The van der Waals surface area contributed by atoms with E-state index in [0.717, 1.165) is 125 Å². The van der Waals surface area contributed by atoms with Crippen LogP contribution in [0, 0.1) is 0 Å². The van der Waals surface area contributed by atoms with Crippen molar-refractivity contribution in [2.45, 2.75) is 182 Å². The highest BCUT2D eigenvalue weighted by Crippen LogP contribution is 2.44. The number of ketones is 2. The van der Waals surface area contributed by atoms with E-state index in [4.69, 9.17) is 9.47 Å². The Morgan fingerprint density at radius 1 is 0.312 bits per heavy atom. The fourth-order valence-electron chi connectivity index (χ4n) is 10.4. The molecule has 10 nitrogen and oxygen atoms in total. The summed E-state index contributed by atoms with van der Waals surface area (Å²) in [6, 6.07) is 34.5. The number of hydrogen-bond donors (Lipinski definition) is 2. The highest BCUT2D eigenvalue weighted by molar-refractivity contribution is 6.35. The summed E-state index contributed by atoms with van der Waals surface area (Å²) < 4.78 is 12.1. The second-order valence-corrected chi connectivity index (χ2v) is 21.5. The zero-order valence-electron chi connectivity index (χ0n) is 47.8. The van der Waals surface area contributed by atoms with Gasteiger partial charge in [0.15, 0.2) is 0 Å². The Kier molecular flexibility index (Phi) is 23.6. The van der Waals surface area contributed by atoms with E-state index in [1.54, 1.807) is 48.5 Å². The number of esters is 2. The first kappa shape index (κ1) is 60.2. The second-order valence-electron chi connectivity index (χ2n) is 21.5. The zero-order valence-corrected chi connectivity index (χ0v) is 47.8. The van der Waals surface area contributed by atoms with E-state index in [1.165, 1.54) is 75.6 Å². The van der Waals surface area contributed by atoms with Gasteiger partial charge in [-0.1, -0.05) is 179 Å². The van der Waals surface area contributed by atoms with Crippen molar-refractivity contribution in [1.29, 1.82) is 0 Å². The van der Waals surface area contributed by atoms with E-state index in [2.05, 4.69) is 38.3 Å². The molecule has 0 heterocycles. The third kappa shape index (κ3) is 16.8. The lowest BCUT2D eigenvalue weighted by molar-refractivity contribution is 0.0718. The van der Waals surface area contributed by atoms with Crippen molar-refractivity contribution in [3.8, 4) is 11.5 Å². The minimum Gasteiger partial charge on any atom is -0.422 e. The molecule has 0 bridgehead atoms. The lowest BCUT2D eigenvalue weighted by Crippen LogP contribution is -2.28. The molecule has 420 valence electrons.